The van der Waals surface area contributed by atoms with E-state index in [2.05, 4.69) is 42.9 Å². The molecule has 0 saturated carbocycles. The Bertz CT molecular complexity index is 639. The molecule has 0 unspecified atom stereocenters. The van der Waals surface area contributed by atoms with Crippen molar-refractivity contribution in [3.05, 3.63) is 31.6 Å². The molecular formula is C12H11Cl2IN4O. The maximum Gasteiger partial charge on any atom is 0.182 e. The summed E-state index contributed by atoms with van der Waals surface area (Å²) in [6.45, 7) is 0.383. The highest BCUT2D eigenvalue weighted by Gasteiger charge is 2.15. The Balaban J connectivity index is 2.58. The lowest BCUT2D eigenvalue weighted by atomic mass is 10.3. The lowest BCUT2D eigenvalue weighted by molar-refractivity contribution is 0.181. The van der Waals surface area contributed by atoms with Gasteiger partial charge in [-0.15, -0.1) is 0 Å². The number of rotatable bonds is 4. The summed E-state index contributed by atoms with van der Waals surface area (Å²) in [4.78, 5) is 13.1. The summed E-state index contributed by atoms with van der Waals surface area (Å²) in [5, 5.41) is 3.90. The highest BCUT2D eigenvalue weighted by atomic mass is 127. The molecule has 8 heteroatoms. The number of hydrogen-bond donors (Lipinski definition) is 1. The minimum absolute atomic E-state index is 0.383. The molecule has 0 bridgehead atoms. The summed E-state index contributed by atoms with van der Waals surface area (Å²) in [6, 6.07) is 1.61. The van der Waals surface area contributed by atoms with E-state index in [-0.39, 0.29) is 0 Å². The summed E-state index contributed by atoms with van der Waals surface area (Å²) in [5.74, 6) is 1.14. The number of nitrogens with zero attached hydrogens (tertiary/aromatic N) is 3. The number of nitrogens with one attached hydrogen (secondary N) is 1. The zero-order chi connectivity index (χ0) is 14.7. The molecule has 2 aromatic heterocycles. The quantitative estimate of drug-likeness (QED) is 0.759. The standard InChI is InChI=1S/C12H11Cl2IN4O/c1-16-11-9(15)8(5-20-2)18-12(19-11)10-7(14)3-6(13)4-17-10/h3-4H,5H2,1-2H3,(H,16,18,19). The number of hydrogen-bond acceptors (Lipinski definition) is 5. The SMILES string of the molecule is CNc1nc(-c2ncc(Cl)cc2Cl)nc(COC)c1I. The second-order valence-corrected chi connectivity index (χ2v) is 5.75. The van der Waals surface area contributed by atoms with Crippen molar-refractivity contribution in [3.8, 4) is 11.5 Å². The van der Waals surface area contributed by atoms with Gasteiger partial charge in [0.2, 0.25) is 0 Å². The zero-order valence-corrected chi connectivity index (χ0v) is 14.4. The van der Waals surface area contributed by atoms with E-state index in [9.17, 15) is 0 Å². The molecule has 0 amide bonds. The molecule has 0 aliphatic rings. The third-order valence-electron chi connectivity index (χ3n) is 2.46. The fourth-order valence-corrected chi connectivity index (χ4v) is 2.71. The Morgan fingerprint density at radius 1 is 1.35 bits per heavy atom. The van der Waals surface area contributed by atoms with Crippen molar-refractivity contribution >= 4 is 51.6 Å². The maximum atomic E-state index is 6.15. The summed E-state index contributed by atoms with van der Waals surface area (Å²) in [6.07, 6.45) is 1.51. The van der Waals surface area contributed by atoms with Crippen molar-refractivity contribution in [2.24, 2.45) is 0 Å². The van der Waals surface area contributed by atoms with Crippen molar-refractivity contribution in [2.45, 2.75) is 6.61 Å². The first-order chi connectivity index (χ1) is 9.56. The molecular weight excluding hydrogens is 414 g/mol. The molecule has 0 aromatic carbocycles. The molecule has 0 saturated heterocycles. The van der Waals surface area contributed by atoms with E-state index in [4.69, 9.17) is 27.9 Å². The molecule has 2 aromatic rings. The van der Waals surface area contributed by atoms with E-state index in [0.717, 1.165) is 9.26 Å². The third kappa shape index (κ3) is 3.30. The van der Waals surface area contributed by atoms with Crippen LogP contribution in [0.4, 0.5) is 5.82 Å². The number of halogens is 3. The highest BCUT2D eigenvalue weighted by Crippen LogP contribution is 2.28. The largest absolute Gasteiger partial charge is 0.378 e. The van der Waals surface area contributed by atoms with Gasteiger partial charge in [-0.2, -0.15) is 0 Å². The Kier molecular flexibility index (Phi) is 5.36. The van der Waals surface area contributed by atoms with Crippen molar-refractivity contribution < 1.29 is 4.74 Å². The lowest BCUT2D eigenvalue weighted by Gasteiger charge is -2.11. The minimum atomic E-state index is 0.383. The van der Waals surface area contributed by atoms with Crippen molar-refractivity contribution in [1.29, 1.82) is 0 Å². The van der Waals surface area contributed by atoms with Crippen LogP contribution >= 0.6 is 45.8 Å². The van der Waals surface area contributed by atoms with Crippen LogP contribution < -0.4 is 5.32 Å². The van der Waals surface area contributed by atoms with E-state index in [0.29, 0.717) is 34.0 Å². The highest BCUT2D eigenvalue weighted by molar-refractivity contribution is 14.1. The van der Waals surface area contributed by atoms with Gasteiger partial charge >= 0.3 is 0 Å². The molecule has 2 rings (SSSR count). The predicted molar refractivity (Wildman–Crippen MR) is 88.3 cm³/mol. The van der Waals surface area contributed by atoms with Gasteiger partial charge in [0.25, 0.3) is 0 Å². The molecule has 5 nitrogen and oxygen atoms in total. The van der Waals surface area contributed by atoms with Gasteiger partial charge in [0, 0.05) is 20.4 Å². The molecule has 20 heavy (non-hydrogen) atoms. The first kappa shape index (κ1) is 15.7. The summed E-state index contributed by atoms with van der Waals surface area (Å²) < 4.78 is 6.05. The summed E-state index contributed by atoms with van der Waals surface area (Å²) in [7, 11) is 3.41. The fourth-order valence-electron chi connectivity index (χ4n) is 1.58. The molecule has 0 aliphatic heterocycles. The average molecular weight is 425 g/mol. The molecule has 0 aliphatic carbocycles. The molecule has 0 radical (unpaired) electrons. The predicted octanol–water partition coefficient (Wildman–Crippen LogP) is 3.64. The van der Waals surface area contributed by atoms with E-state index in [1.807, 2.05) is 0 Å². The second kappa shape index (κ2) is 6.84. The smallest absolute Gasteiger partial charge is 0.182 e. The molecule has 0 spiro atoms. The van der Waals surface area contributed by atoms with Gasteiger partial charge in [-0.05, 0) is 28.7 Å². The van der Waals surface area contributed by atoms with Crippen molar-refractivity contribution in [1.82, 2.24) is 15.0 Å². The Morgan fingerprint density at radius 3 is 2.70 bits per heavy atom. The molecule has 106 valence electrons. The number of pyridine rings is 1. The van der Waals surface area contributed by atoms with E-state index < -0.39 is 0 Å². The van der Waals surface area contributed by atoms with Crippen LogP contribution in [-0.4, -0.2) is 29.1 Å². The van der Waals surface area contributed by atoms with Crippen molar-refractivity contribution in [3.63, 3.8) is 0 Å². The number of methoxy groups -OCH3 is 1. The van der Waals surface area contributed by atoms with Crippen LogP contribution in [0, 0.1) is 3.57 Å². The van der Waals surface area contributed by atoms with Gasteiger partial charge in [0.05, 0.1) is 25.9 Å². The summed E-state index contributed by atoms with van der Waals surface area (Å²) >= 11 is 14.2. The van der Waals surface area contributed by atoms with Gasteiger partial charge in [-0.1, -0.05) is 23.2 Å². The molecule has 1 N–H and O–H groups in total. The second-order valence-electron chi connectivity index (χ2n) is 3.82. The van der Waals surface area contributed by atoms with Crippen LogP contribution in [0.15, 0.2) is 12.3 Å². The van der Waals surface area contributed by atoms with E-state index >= 15 is 0 Å². The Morgan fingerprint density at radius 2 is 2.10 bits per heavy atom. The molecule has 2 heterocycles. The first-order valence-electron chi connectivity index (χ1n) is 5.61. The molecule has 0 fully saturated rings. The van der Waals surface area contributed by atoms with Crippen LogP contribution in [0.1, 0.15) is 5.69 Å². The Labute approximate surface area is 140 Å². The first-order valence-corrected chi connectivity index (χ1v) is 7.44. The van der Waals surface area contributed by atoms with Gasteiger partial charge in [0.15, 0.2) is 5.82 Å². The van der Waals surface area contributed by atoms with Gasteiger partial charge < -0.3 is 10.1 Å². The fraction of sp³-hybridized carbons (Fsp3) is 0.250. The average Bonchev–Trinajstić information content (AvgIpc) is 2.41. The number of anilines is 1. The monoisotopic (exact) mass is 424 g/mol. The van der Waals surface area contributed by atoms with Crippen LogP contribution in [-0.2, 0) is 11.3 Å². The summed E-state index contributed by atoms with van der Waals surface area (Å²) in [5.41, 5.74) is 1.26. The van der Waals surface area contributed by atoms with Gasteiger partial charge in [-0.3, -0.25) is 0 Å². The van der Waals surface area contributed by atoms with E-state index in [1.165, 1.54) is 6.20 Å². The molecule has 0 atom stereocenters. The van der Waals surface area contributed by atoms with Gasteiger partial charge in [-0.25, -0.2) is 15.0 Å². The number of aromatic nitrogens is 3. The maximum absolute atomic E-state index is 6.15. The van der Waals surface area contributed by atoms with Gasteiger partial charge in [0.1, 0.15) is 11.5 Å². The topological polar surface area (TPSA) is 59.9 Å². The van der Waals surface area contributed by atoms with Crippen LogP contribution in [0.2, 0.25) is 10.0 Å². The van der Waals surface area contributed by atoms with E-state index in [1.54, 1.807) is 20.2 Å². The van der Waals surface area contributed by atoms with Crippen LogP contribution in [0.3, 0.4) is 0 Å². The van der Waals surface area contributed by atoms with Crippen molar-refractivity contribution in [2.75, 3.05) is 19.5 Å². The lowest BCUT2D eigenvalue weighted by Crippen LogP contribution is -2.07. The number of ether oxygens (including phenoxy) is 1. The Hall–Kier alpha value is -0.700. The zero-order valence-electron chi connectivity index (χ0n) is 10.7. The third-order valence-corrected chi connectivity index (χ3v) is 4.09. The van der Waals surface area contributed by atoms with Crippen LogP contribution in [0.25, 0.3) is 11.5 Å². The minimum Gasteiger partial charge on any atom is -0.378 e. The van der Waals surface area contributed by atoms with Crippen LogP contribution in [0.5, 0.6) is 0 Å². The normalized spacial score (nSPS) is 10.7.